The van der Waals surface area contributed by atoms with Gasteiger partial charge >= 0.3 is 0 Å². The Hall–Kier alpha value is -1.88. The van der Waals surface area contributed by atoms with Crippen LogP contribution in [0.5, 0.6) is 0 Å². The molecule has 0 aliphatic carbocycles. The zero-order valence-electron chi connectivity index (χ0n) is 14.4. The normalized spacial score (nSPS) is 16.0. The van der Waals surface area contributed by atoms with Crippen molar-refractivity contribution in [3.63, 3.8) is 0 Å². The van der Waals surface area contributed by atoms with Crippen LogP contribution in [0.4, 0.5) is 0 Å². The van der Waals surface area contributed by atoms with Crippen molar-refractivity contribution in [2.24, 2.45) is 5.92 Å². The molecule has 5 nitrogen and oxygen atoms in total. The number of aliphatic hydroxyl groups is 1. The van der Waals surface area contributed by atoms with E-state index in [0.29, 0.717) is 12.0 Å². The van der Waals surface area contributed by atoms with E-state index in [0.717, 1.165) is 6.42 Å². The molecule has 2 amide bonds. The molecule has 0 saturated heterocycles. The molecule has 1 aromatic carbocycles. The summed E-state index contributed by atoms with van der Waals surface area (Å²) in [5, 5.41) is 15.6. The van der Waals surface area contributed by atoms with Gasteiger partial charge in [0.2, 0.25) is 5.91 Å². The highest BCUT2D eigenvalue weighted by Gasteiger charge is 2.28. The molecule has 0 aromatic heterocycles. The molecule has 0 fully saturated rings. The van der Waals surface area contributed by atoms with Gasteiger partial charge in [-0.3, -0.25) is 9.59 Å². The van der Waals surface area contributed by atoms with Gasteiger partial charge in [0.25, 0.3) is 5.91 Å². The predicted octanol–water partition coefficient (Wildman–Crippen LogP) is 2.11. The highest BCUT2D eigenvalue weighted by Crippen LogP contribution is 2.11. The molecule has 0 heterocycles. The monoisotopic (exact) mass is 320 g/mol. The van der Waals surface area contributed by atoms with E-state index in [1.54, 1.807) is 31.2 Å². The molecule has 1 aromatic rings. The molecule has 0 aliphatic heterocycles. The molecule has 1 rings (SSSR count). The van der Waals surface area contributed by atoms with Gasteiger partial charge < -0.3 is 15.7 Å². The van der Waals surface area contributed by atoms with E-state index in [-0.39, 0.29) is 24.3 Å². The lowest BCUT2D eigenvalue weighted by molar-refractivity contribution is -0.125. The molecule has 0 aliphatic rings. The Labute approximate surface area is 138 Å². The van der Waals surface area contributed by atoms with Gasteiger partial charge in [-0.05, 0) is 31.4 Å². The van der Waals surface area contributed by atoms with Crippen LogP contribution in [0.1, 0.15) is 50.9 Å². The van der Waals surface area contributed by atoms with E-state index in [2.05, 4.69) is 10.6 Å². The van der Waals surface area contributed by atoms with E-state index < -0.39 is 11.6 Å². The van der Waals surface area contributed by atoms with Crippen LogP contribution in [-0.2, 0) is 4.79 Å². The lowest BCUT2D eigenvalue weighted by Crippen LogP contribution is -2.52. The minimum atomic E-state index is -0.945. The second-order valence-electron chi connectivity index (χ2n) is 6.27. The predicted molar refractivity (Wildman–Crippen MR) is 91.1 cm³/mol. The fraction of sp³-hybridized carbons (Fsp3) is 0.556. The molecule has 5 heteroatoms. The molecule has 3 N–H and O–H groups in total. The van der Waals surface area contributed by atoms with Crippen molar-refractivity contribution in [3.05, 3.63) is 35.9 Å². The van der Waals surface area contributed by atoms with Crippen molar-refractivity contribution >= 4 is 11.8 Å². The molecular formula is C18H28N2O3. The Morgan fingerprint density at radius 1 is 1.22 bits per heavy atom. The molecule has 23 heavy (non-hydrogen) atoms. The summed E-state index contributed by atoms with van der Waals surface area (Å²) in [7, 11) is 0. The number of nitrogens with one attached hydrogen (secondary N) is 2. The maximum Gasteiger partial charge on any atom is 0.251 e. The Morgan fingerprint density at radius 2 is 1.83 bits per heavy atom. The summed E-state index contributed by atoms with van der Waals surface area (Å²) < 4.78 is 0. The Bertz CT molecular complexity index is 514. The number of benzene rings is 1. The maximum atomic E-state index is 12.4. The van der Waals surface area contributed by atoms with Gasteiger partial charge in [-0.25, -0.2) is 0 Å². The summed E-state index contributed by atoms with van der Waals surface area (Å²) >= 11 is 0. The topological polar surface area (TPSA) is 78.4 Å². The van der Waals surface area contributed by atoms with Gasteiger partial charge in [0, 0.05) is 12.1 Å². The molecule has 0 spiro atoms. The van der Waals surface area contributed by atoms with Crippen LogP contribution in [-0.4, -0.2) is 35.1 Å². The van der Waals surface area contributed by atoms with Crippen LogP contribution in [0.3, 0.4) is 0 Å². The second kappa shape index (κ2) is 8.67. The van der Waals surface area contributed by atoms with Crippen LogP contribution in [0, 0.1) is 5.92 Å². The van der Waals surface area contributed by atoms with E-state index in [1.807, 2.05) is 26.8 Å². The first-order chi connectivity index (χ1) is 10.8. The SMILES string of the molecule is CC[C@H](C)[C@@H](NC(=O)c1ccccc1)C(=O)NC[C@@](C)(O)CC. The molecule has 0 radical (unpaired) electrons. The quantitative estimate of drug-likeness (QED) is 0.686. The Kier molecular flexibility index (Phi) is 7.23. The fourth-order valence-corrected chi connectivity index (χ4v) is 2.03. The summed E-state index contributed by atoms with van der Waals surface area (Å²) in [6.45, 7) is 7.59. The first-order valence-electron chi connectivity index (χ1n) is 8.16. The molecule has 3 atom stereocenters. The summed E-state index contributed by atoms with van der Waals surface area (Å²) in [5.74, 6) is -0.542. The Balaban J connectivity index is 2.76. The van der Waals surface area contributed by atoms with Gasteiger partial charge in [0.05, 0.1) is 5.60 Å². The Morgan fingerprint density at radius 3 is 2.35 bits per heavy atom. The van der Waals surface area contributed by atoms with Crippen molar-refractivity contribution < 1.29 is 14.7 Å². The summed E-state index contributed by atoms with van der Waals surface area (Å²) in [6, 6.07) is 8.20. The zero-order chi connectivity index (χ0) is 17.5. The van der Waals surface area contributed by atoms with Gasteiger partial charge in [0.1, 0.15) is 6.04 Å². The average molecular weight is 320 g/mol. The van der Waals surface area contributed by atoms with E-state index in [4.69, 9.17) is 0 Å². The minimum Gasteiger partial charge on any atom is -0.388 e. The van der Waals surface area contributed by atoms with Crippen LogP contribution in [0.25, 0.3) is 0 Å². The molecular weight excluding hydrogens is 292 g/mol. The third-order valence-corrected chi connectivity index (χ3v) is 4.22. The molecule has 0 bridgehead atoms. The van der Waals surface area contributed by atoms with Crippen LogP contribution in [0.2, 0.25) is 0 Å². The van der Waals surface area contributed by atoms with Crippen molar-refractivity contribution in [3.8, 4) is 0 Å². The van der Waals surface area contributed by atoms with Crippen molar-refractivity contribution in [2.75, 3.05) is 6.54 Å². The third-order valence-electron chi connectivity index (χ3n) is 4.22. The highest BCUT2D eigenvalue weighted by atomic mass is 16.3. The zero-order valence-corrected chi connectivity index (χ0v) is 14.4. The largest absolute Gasteiger partial charge is 0.388 e. The molecule has 0 unspecified atom stereocenters. The number of carbonyl (C=O) groups is 2. The lowest BCUT2D eigenvalue weighted by Gasteiger charge is -2.27. The maximum absolute atomic E-state index is 12.4. The summed E-state index contributed by atoms with van der Waals surface area (Å²) in [4.78, 5) is 24.7. The second-order valence-corrected chi connectivity index (χ2v) is 6.27. The van der Waals surface area contributed by atoms with Gasteiger partial charge in [-0.15, -0.1) is 0 Å². The first kappa shape index (κ1) is 19.2. The van der Waals surface area contributed by atoms with Gasteiger partial charge in [-0.1, -0.05) is 45.4 Å². The van der Waals surface area contributed by atoms with Crippen molar-refractivity contribution in [2.45, 2.75) is 52.2 Å². The number of carbonyl (C=O) groups excluding carboxylic acids is 2. The molecule has 128 valence electrons. The van der Waals surface area contributed by atoms with Gasteiger partial charge in [0.15, 0.2) is 0 Å². The number of hydrogen-bond donors (Lipinski definition) is 3. The van der Waals surface area contributed by atoms with E-state index in [1.165, 1.54) is 0 Å². The standard InChI is InChI=1S/C18H28N2O3/c1-5-13(3)15(17(22)19-12-18(4,23)6-2)20-16(21)14-10-8-7-9-11-14/h7-11,13,15,23H,5-6,12H2,1-4H3,(H,19,22)(H,20,21)/t13-,15+,18-/m0/s1. The van der Waals surface area contributed by atoms with Crippen LogP contribution >= 0.6 is 0 Å². The minimum absolute atomic E-state index is 0.00534. The number of rotatable bonds is 8. The lowest BCUT2D eigenvalue weighted by atomic mass is 9.97. The van der Waals surface area contributed by atoms with Crippen LogP contribution in [0.15, 0.2) is 30.3 Å². The smallest absolute Gasteiger partial charge is 0.251 e. The fourth-order valence-electron chi connectivity index (χ4n) is 2.03. The average Bonchev–Trinajstić information content (AvgIpc) is 2.57. The van der Waals surface area contributed by atoms with Crippen LogP contribution < -0.4 is 10.6 Å². The number of hydrogen-bond acceptors (Lipinski definition) is 3. The third kappa shape index (κ3) is 6.02. The van der Waals surface area contributed by atoms with Crippen molar-refractivity contribution in [1.29, 1.82) is 0 Å². The summed E-state index contributed by atoms with van der Waals surface area (Å²) in [6.07, 6.45) is 1.30. The van der Waals surface area contributed by atoms with Crippen molar-refractivity contribution in [1.82, 2.24) is 10.6 Å². The van der Waals surface area contributed by atoms with E-state index >= 15 is 0 Å². The van der Waals surface area contributed by atoms with Gasteiger partial charge in [-0.2, -0.15) is 0 Å². The number of amides is 2. The highest BCUT2D eigenvalue weighted by molar-refractivity contribution is 5.97. The molecule has 0 saturated carbocycles. The first-order valence-corrected chi connectivity index (χ1v) is 8.16. The van der Waals surface area contributed by atoms with E-state index in [9.17, 15) is 14.7 Å². The summed E-state index contributed by atoms with van der Waals surface area (Å²) in [5.41, 5.74) is -0.423.